The summed E-state index contributed by atoms with van der Waals surface area (Å²) in [6, 6.07) is 0. The number of halogens is 1. The van der Waals surface area contributed by atoms with Crippen molar-refractivity contribution in [2.45, 2.75) is 0 Å². The van der Waals surface area contributed by atoms with Gasteiger partial charge in [-0.25, -0.2) is 13.1 Å². The molecule has 0 atom stereocenters. The maximum absolute atomic E-state index is 10.4. The first-order valence-electron chi connectivity index (χ1n) is 2.31. The molecular weight excluding hydrogens is 178 g/mol. The number of hydrogen-bond donors (Lipinski definition) is 1. The second-order valence-corrected chi connectivity index (χ2v) is 3.29. The first kappa shape index (κ1) is 9.61. The van der Waals surface area contributed by atoms with Gasteiger partial charge in [0.2, 0.25) is 10.0 Å². The van der Waals surface area contributed by atoms with Crippen molar-refractivity contribution in [3.05, 3.63) is 11.5 Å². The summed E-state index contributed by atoms with van der Waals surface area (Å²) in [4.78, 5) is 10.3. The van der Waals surface area contributed by atoms with Gasteiger partial charge < -0.3 is 0 Å². The minimum absolute atomic E-state index is 0. The van der Waals surface area contributed by atoms with E-state index in [1.165, 1.54) is 0 Å². The van der Waals surface area contributed by atoms with Crippen LogP contribution in [0.15, 0.2) is 11.5 Å². The lowest BCUT2D eigenvalue weighted by atomic mass is 10.4. The quantitative estimate of drug-likeness (QED) is 0.547. The third-order valence-electron chi connectivity index (χ3n) is 0.881. The molecule has 0 amide bonds. The summed E-state index contributed by atoms with van der Waals surface area (Å²) in [6.07, 6.45) is 1.05. The predicted molar refractivity (Wildman–Crippen MR) is 38.3 cm³/mol. The van der Waals surface area contributed by atoms with Gasteiger partial charge in [0.25, 0.3) is 0 Å². The number of ketones is 1. The molecule has 0 saturated carbocycles. The molecule has 0 fully saturated rings. The van der Waals surface area contributed by atoms with Gasteiger partial charge in [0, 0.05) is 5.41 Å². The highest BCUT2D eigenvalue weighted by atomic mass is 35.5. The monoisotopic (exact) mass is 183 g/mol. The molecule has 0 aliphatic carbocycles. The molecule has 0 aromatic heterocycles. The average Bonchev–Trinajstić information content (AvgIpc) is 1.78. The third-order valence-corrected chi connectivity index (χ3v) is 1.92. The Morgan fingerprint density at radius 1 is 1.50 bits per heavy atom. The van der Waals surface area contributed by atoms with E-state index in [1.807, 2.05) is 4.72 Å². The Hall–Kier alpha value is -0.390. The van der Waals surface area contributed by atoms with Crippen molar-refractivity contribution in [1.29, 1.82) is 0 Å². The van der Waals surface area contributed by atoms with Crippen LogP contribution in [0.5, 0.6) is 0 Å². The van der Waals surface area contributed by atoms with Gasteiger partial charge in [-0.2, -0.15) is 0 Å². The molecule has 0 aromatic rings. The van der Waals surface area contributed by atoms with Gasteiger partial charge in [-0.05, 0) is 6.08 Å². The summed E-state index contributed by atoms with van der Waals surface area (Å²) in [5.41, 5.74) is 0. The van der Waals surface area contributed by atoms with Crippen LogP contribution in [-0.4, -0.2) is 20.7 Å². The Balaban J connectivity index is 0.000000810. The smallest absolute Gasteiger partial charge is 0.234 e. The molecule has 0 bridgehead atoms. The van der Waals surface area contributed by atoms with E-state index < -0.39 is 10.0 Å². The number of sulfonamides is 1. The first-order valence-corrected chi connectivity index (χ1v) is 3.85. The second kappa shape index (κ2) is 3.14. The fourth-order valence-corrected chi connectivity index (χ4v) is 1.21. The summed E-state index contributed by atoms with van der Waals surface area (Å²) in [5.74, 6) is -0.218. The SMILES string of the molecule is Cl.O=C1C=CS(=O)(=O)NC1. The summed E-state index contributed by atoms with van der Waals surface area (Å²) >= 11 is 0. The maximum atomic E-state index is 10.4. The largest absolute Gasteiger partial charge is 0.293 e. The van der Waals surface area contributed by atoms with Crippen LogP contribution < -0.4 is 4.72 Å². The molecule has 4 nitrogen and oxygen atoms in total. The number of hydrogen-bond acceptors (Lipinski definition) is 3. The van der Waals surface area contributed by atoms with E-state index >= 15 is 0 Å². The van der Waals surface area contributed by atoms with Gasteiger partial charge in [0.1, 0.15) is 0 Å². The molecule has 0 unspecified atom stereocenters. The van der Waals surface area contributed by atoms with E-state index in [4.69, 9.17) is 0 Å². The van der Waals surface area contributed by atoms with Crippen molar-refractivity contribution in [1.82, 2.24) is 4.72 Å². The topological polar surface area (TPSA) is 63.2 Å². The zero-order valence-corrected chi connectivity index (χ0v) is 6.54. The molecule has 10 heavy (non-hydrogen) atoms. The number of carbonyl (C=O) groups is 1. The molecule has 1 N–H and O–H groups in total. The number of rotatable bonds is 0. The number of carbonyl (C=O) groups excluding carboxylic acids is 1. The predicted octanol–water partition coefficient (Wildman–Crippen LogP) is -0.576. The minimum Gasteiger partial charge on any atom is -0.293 e. The molecular formula is C4H6ClNO3S. The van der Waals surface area contributed by atoms with Gasteiger partial charge in [0.05, 0.1) is 6.54 Å². The van der Waals surface area contributed by atoms with E-state index in [2.05, 4.69) is 0 Å². The summed E-state index contributed by atoms with van der Waals surface area (Å²) in [5, 5.41) is 0.860. The summed E-state index contributed by atoms with van der Waals surface area (Å²) in [7, 11) is -3.27. The van der Waals surface area contributed by atoms with Gasteiger partial charge in [-0.3, -0.25) is 4.79 Å². The van der Waals surface area contributed by atoms with Gasteiger partial charge in [-0.15, -0.1) is 12.4 Å². The van der Waals surface area contributed by atoms with Crippen LogP contribution in [0.25, 0.3) is 0 Å². The first-order chi connectivity index (χ1) is 4.10. The molecule has 1 rings (SSSR count). The molecule has 58 valence electrons. The highest BCUT2D eigenvalue weighted by molar-refractivity contribution is 7.92. The second-order valence-electron chi connectivity index (χ2n) is 1.64. The van der Waals surface area contributed by atoms with Crippen LogP contribution in [0.2, 0.25) is 0 Å². The van der Waals surface area contributed by atoms with E-state index in [1.54, 1.807) is 0 Å². The van der Waals surface area contributed by atoms with Crippen LogP contribution in [0.3, 0.4) is 0 Å². The van der Waals surface area contributed by atoms with Crippen LogP contribution in [0.4, 0.5) is 0 Å². The minimum atomic E-state index is -3.27. The van der Waals surface area contributed by atoms with E-state index in [9.17, 15) is 13.2 Å². The molecule has 1 aliphatic heterocycles. The standard InChI is InChI=1S/C4H5NO3S.ClH/c6-4-1-2-9(7,8)5-3-4;/h1-2,5H,3H2;1H. The highest BCUT2D eigenvalue weighted by Gasteiger charge is 2.12. The van der Waals surface area contributed by atoms with Crippen molar-refractivity contribution >= 4 is 28.2 Å². The lowest BCUT2D eigenvalue weighted by molar-refractivity contribution is -0.113. The van der Waals surface area contributed by atoms with Crippen molar-refractivity contribution in [3.8, 4) is 0 Å². The Morgan fingerprint density at radius 3 is 2.40 bits per heavy atom. The van der Waals surface area contributed by atoms with Crippen molar-refractivity contribution < 1.29 is 13.2 Å². The van der Waals surface area contributed by atoms with Gasteiger partial charge in [-0.1, -0.05) is 0 Å². The van der Waals surface area contributed by atoms with Crippen LogP contribution in [-0.2, 0) is 14.8 Å². The molecule has 0 aromatic carbocycles. The molecule has 1 heterocycles. The Morgan fingerprint density at radius 2 is 2.10 bits per heavy atom. The molecule has 0 radical (unpaired) electrons. The van der Waals surface area contributed by atoms with Gasteiger partial charge in [0.15, 0.2) is 5.78 Å². The lowest BCUT2D eigenvalue weighted by Crippen LogP contribution is -2.30. The normalized spacial score (nSPS) is 21.8. The maximum Gasteiger partial charge on any atom is 0.234 e. The Bertz CT molecular complexity index is 256. The van der Waals surface area contributed by atoms with Crippen LogP contribution in [0, 0.1) is 0 Å². The highest BCUT2D eigenvalue weighted by Crippen LogP contribution is 1.92. The van der Waals surface area contributed by atoms with Crippen molar-refractivity contribution in [2.24, 2.45) is 0 Å². The lowest BCUT2D eigenvalue weighted by Gasteiger charge is -2.03. The third kappa shape index (κ3) is 2.47. The summed E-state index contributed by atoms with van der Waals surface area (Å²) < 4.78 is 22.9. The molecule has 1 aliphatic rings. The van der Waals surface area contributed by atoms with Gasteiger partial charge >= 0.3 is 0 Å². The van der Waals surface area contributed by atoms with E-state index in [-0.39, 0.29) is 24.7 Å². The average molecular weight is 184 g/mol. The zero-order chi connectivity index (χ0) is 6.91. The fraction of sp³-hybridized carbons (Fsp3) is 0.250. The fourth-order valence-electron chi connectivity index (χ4n) is 0.444. The Labute approximate surface area is 64.8 Å². The molecule has 6 heteroatoms. The van der Waals surface area contributed by atoms with Crippen LogP contribution >= 0.6 is 12.4 Å². The molecule has 0 spiro atoms. The van der Waals surface area contributed by atoms with Crippen molar-refractivity contribution in [2.75, 3.05) is 6.54 Å². The van der Waals surface area contributed by atoms with E-state index in [0.29, 0.717) is 0 Å². The molecule has 0 saturated heterocycles. The van der Waals surface area contributed by atoms with Crippen LogP contribution in [0.1, 0.15) is 0 Å². The zero-order valence-electron chi connectivity index (χ0n) is 4.90. The Kier molecular flexibility index (Phi) is 3.01. The van der Waals surface area contributed by atoms with Crippen molar-refractivity contribution in [3.63, 3.8) is 0 Å². The van der Waals surface area contributed by atoms with E-state index in [0.717, 1.165) is 11.5 Å². The number of nitrogens with one attached hydrogen (secondary N) is 1. The summed E-state index contributed by atoms with van der Waals surface area (Å²) in [6.45, 7) is -0.112.